The molecule has 8 heteroatoms. The lowest BCUT2D eigenvalue weighted by molar-refractivity contribution is 0.0944. The Morgan fingerprint density at radius 2 is 2.17 bits per heavy atom. The van der Waals surface area contributed by atoms with Gasteiger partial charge < -0.3 is 11.1 Å². The van der Waals surface area contributed by atoms with Crippen LogP contribution in [0.5, 0.6) is 0 Å². The smallest absolute Gasteiger partial charge is 0.273 e. The zero-order valence-electron chi connectivity index (χ0n) is 12.7. The van der Waals surface area contributed by atoms with Gasteiger partial charge in [0.2, 0.25) is 0 Å². The summed E-state index contributed by atoms with van der Waals surface area (Å²) in [4.78, 5) is 12.2. The van der Waals surface area contributed by atoms with Gasteiger partial charge in [0, 0.05) is 12.6 Å². The van der Waals surface area contributed by atoms with Crippen molar-refractivity contribution < 1.29 is 4.79 Å². The fourth-order valence-electron chi connectivity index (χ4n) is 2.38. The number of amides is 1. The van der Waals surface area contributed by atoms with Crippen molar-refractivity contribution in [1.82, 2.24) is 20.3 Å². The van der Waals surface area contributed by atoms with Crippen LogP contribution in [-0.4, -0.2) is 33.5 Å². The number of rotatable bonds is 5. The second kappa shape index (κ2) is 7.29. The molecule has 3 N–H and O–H groups in total. The third-order valence-electron chi connectivity index (χ3n) is 3.92. The summed E-state index contributed by atoms with van der Waals surface area (Å²) in [6, 6.07) is 7.31. The van der Waals surface area contributed by atoms with Gasteiger partial charge >= 0.3 is 0 Å². The van der Waals surface area contributed by atoms with Gasteiger partial charge in [0.1, 0.15) is 0 Å². The van der Waals surface area contributed by atoms with Crippen LogP contribution in [0.4, 0.5) is 0 Å². The molecule has 0 bridgehead atoms. The predicted molar refractivity (Wildman–Crippen MR) is 91.4 cm³/mol. The second-order valence-electron chi connectivity index (χ2n) is 5.60. The number of carbonyl (C=O) groups is 1. The number of halogens is 2. The van der Waals surface area contributed by atoms with E-state index in [0.29, 0.717) is 34.6 Å². The Kier molecular flexibility index (Phi) is 5.62. The highest BCUT2D eigenvalue weighted by molar-refractivity contribution is 6.32. The molecule has 0 spiro atoms. The number of nitrogens with one attached hydrogen (secondary N) is 1. The lowest BCUT2D eigenvalue weighted by atomic mass is 10.2. The molecule has 1 aliphatic rings. The summed E-state index contributed by atoms with van der Waals surface area (Å²) in [5, 5.41) is 11.4. The molecule has 1 heterocycles. The van der Waals surface area contributed by atoms with Crippen molar-refractivity contribution in [3.05, 3.63) is 40.7 Å². The maximum Gasteiger partial charge on any atom is 0.273 e. The number of nitrogens with zero attached hydrogens (tertiary/aromatic N) is 3. The van der Waals surface area contributed by atoms with E-state index in [1.807, 2.05) is 18.2 Å². The minimum Gasteiger partial charge on any atom is -0.349 e. The third kappa shape index (κ3) is 3.83. The first-order valence-electron chi connectivity index (χ1n) is 7.29. The Hall–Kier alpha value is -1.63. The molecule has 6 nitrogen and oxygen atoms in total. The number of benzene rings is 1. The maximum absolute atomic E-state index is 12.2. The third-order valence-corrected chi connectivity index (χ3v) is 4.24. The van der Waals surface area contributed by atoms with E-state index >= 15 is 0 Å². The average Bonchev–Trinajstić information content (AvgIpc) is 3.29. The monoisotopic (exact) mass is 355 g/mol. The largest absolute Gasteiger partial charge is 0.349 e. The van der Waals surface area contributed by atoms with Gasteiger partial charge in [-0.1, -0.05) is 28.9 Å². The molecule has 1 aromatic carbocycles. The van der Waals surface area contributed by atoms with Gasteiger partial charge in [-0.05, 0) is 37.8 Å². The van der Waals surface area contributed by atoms with Gasteiger partial charge in [-0.3, -0.25) is 4.79 Å². The molecule has 2 aromatic rings. The van der Waals surface area contributed by atoms with E-state index in [2.05, 4.69) is 15.6 Å². The molecule has 0 radical (unpaired) electrons. The Bertz CT molecular complexity index is 699. The molecule has 3 rings (SSSR count). The number of para-hydroxylation sites is 1. The van der Waals surface area contributed by atoms with Crippen LogP contribution in [0, 0.1) is 12.8 Å². The summed E-state index contributed by atoms with van der Waals surface area (Å²) < 4.78 is 1.57. The lowest BCUT2D eigenvalue weighted by Gasteiger charge is -2.11. The molecule has 0 saturated heterocycles. The molecule has 0 aliphatic heterocycles. The summed E-state index contributed by atoms with van der Waals surface area (Å²) >= 11 is 6.16. The van der Waals surface area contributed by atoms with E-state index in [4.69, 9.17) is 17.3 Å². The van der Waals surface area contributed by atoms with Crippen molar-refractivity contribution in [2.24, 2.45) is 11.7 Å². The van der Waals surface area contributed by atoms with Gasteiger partial charge in [-0.25, -0.2) is 4.68 Å². The first-order chi connectivity index (χ1) is 10.6. The highest BCUT2D eigenvalue weighted by Gasteiger charge is 2.29. The molecule has 124 valence electrons. The van der Waals surface area contributed by atoms with Crippen LogP contribution in [-0.2, 0) is 0 Å². The van der Waals surface area contributed by atoms with Crippen LogP contribution in [0.2, 0.25) is 5.02 Å². The quantitative estimate of drug-likeness (QED) is 0.859. The van der Waals surface area contributed by atoms with E-state index in [0.717, 1.165) is 12.8 Å². The van der Waals surface area contributed by atoms with Crippen LogP contribution in [0.3, 0.4) is 0 Å². The molecule has 1 fully saturated rings. The first kappa shape index (κ1) is 17.7. The summed E-state index contributed by atoms with van der Waals surface area (Å²) in [7, 11) is 0. The normalized spacial score (nSPS) is 14.9. The van der Waals surface area contributed by atoms with E-state index in [-0.39, 0.29) is 24.4 Å². The van der Waals surface area contributed by atoms with Crippen LogP contribution in [0.1, 0.15) is 29.0 Å². The highest BCUT2D eigenvalue weighted by atomic mass is 35.5. The number of aromatic nitrogens is 3. The lowest BCUT2D eigenvalue weighted by Crippen LogP contribution is -2.38. The molecule has 1 saturated carbocycles. The fourth-order valence-corrected chi connectivity index (χ4v) is 2.59. The van der Waals surface area contributed by atoms with Crippen molar-refractivity contribution >= 4 is 29.9 Å². The van der Waals surface area contributed by atoms with Crippen LogP contribution < -0.4 is 11.1 Å². The average molecular weight is 356 g/mol. The SMILES string of the molecule is Cc1c(C(=O)NCC(N)C2CC2)nnn1-c1ccccc1Cl.Cl. The van der Waals surface area contributed by atoms with Crippen molar-refractivity contribution in [1.29, 1.82) is 0 Å². The fraction of sp³-hybridized carbons (Fsp3) is 0.400. The van der Waals surface area contributed by atoms with Gasteiger partial charge in [-0.15, -0.1) is 17.5 Å². The van der Waals surface area contributed by atoms with Crippen molar-refractivity contribution in [3.63, 3.8) is 0 Å². The zero-order chi connectivity index (χ0) is 15.7. The van der Waals surface area contributed by atoms with Crippen LogP contribution in [0.15, 0.2) is 24.3 Å². The van der Waals surface area contributed by atoms with Crippen LogP contribution in [0.25, 0.3) is 5.69 Å². The second-order valence-corrected chi connectivity index (χ2v) is 6.01. The number of hydrogen-bond acceptors (Lipinski definition) is 4. The van der Waals surface area contributed by atoms with E-state index in [1.54, 1.807) is 17.7 Å². The Morgan fingerprint density at radius 3 is 2.83 bits per heavy atom. The summed E-state index contributed by atoms with van der Waals surface area (Å²) in [6.45, 7) is 2.25. The van der Waals surface area contributed by atoms with E-state index in [1.165, 1.54) is 0 Å². The first-order valence-corrected chi connectivity index (χ1v) is 7.66. The van der Waals surface area contributed by atoms with Crippen LogP contribution >= 0.6 is 24.0 Å². The molecular weight excluding hydrogens is 337 g/mol. The standard InChI is InChI=1S/C15H18ClN5O.ClH/c1-9-14(15(22)18-8-12(17)10-6-7-10)19-20-21(9)13-5-3-2-4-11(13)16;/h2-5,10,12H,6-8,17H2,1H3,(H,18,22);1H. The summed E-state index contributed by atoms with van der Waals surface area (Å²) in [5.74, 6) is 0.284. The number of nitrogens with two attached hydrogens (primary N) is 1. The number of hydrogen-bond donors (Lipinski definition) is 2. The minimum absolute atomic E-state index is 0. The van der Waals surface area contributed by atoms with E-state index < -0.39 is 0 Å². The Labute approximate surface area is 145 Å². The van der Waals surface area contributed by atoms with Gasteiger partial charge in [0.15, 0.2) is 5.69 Å². The summed E-state index contributed by atoms with van der Waals surface area (Å²) in [5.41, 5.74) is 7.62. The Morgan fingerprint density at radius 1 is 1.48 bits per heavy atom. The molecule has 1 aromatic heterocycles. The van der Waals surface area contributed by atoms with Crippen molar-refractivity contribution in [3.8, 4) is 5.69 Å². The van der Waals surface area contributed by atoms with Crippen molar-refractivity contribution in [2.75, 3.05) is 6.54 Å². The molecule has 1 amide bonds. The van der Waals surface area contributed by atoms with Gasteiger partial charge in [0.25, 0.3) is 5.91 Å². The molecule has 1 aliphatic carbocycles. The minimum atomic E-state index is -0.257. The topological polar surface area (TPSA) is 85.8 Å². The number of carbonyl (C=O) groups excluding carboxylic acids is 1. The van der Waals surface area contributed by atoms with Gasteiger partial charge in [0.05, 0.1) is 16.4 Å². The van der Waals surface area contributed by atoms with Gasteiger partial charge in [-0.2, -0.15) is 0 Å². The van der Waals surface area contributed by atoms with E-state index in [9.17, 15) is 4.79 Å². The molecule has 1 atom stereocenters. The predicted octanol–water partition coefficient (Wildman–Crippen LogP) is 2.12. The molecule has 23 heavy (non-hydrogen) atoms. The van der Waals surface area contributed by atoms with Crippen molar-refractivity contribution in [2.45, 2.75) is 25.8 Å². The molecular formula is C15H19Cl2N5O. The Balaban J connectivity index is 0.00000192. The maximum atomic E-state index is 12.2. The highest BCUT2D eigenvalue weighted by Crippen LogP contribution is 2.31. The zero-order valence-corrected chi connectivity index (χ0v) is 14.3. The molecule has 1 unspecified atom stereocenters. The summed E-state index contributed by atoms with van der Waals surface area (Å²) in [6.07, 6.45) is 2.30.